The van der Waals surface area contributed by atoms with Crippen LogP contribution < -0.4 is 5.73 Å². The first-order valence-electron chi connectivity index (χ1n) is 6.99. The SMILES string of the molecule is Nc1ccc(-c2nc(C(S)C(=O)O)sc2-c2ccc(Cl)cc2)cc1. The van der Waals surface area contributed by atoms with Crippen LogP contribution >= 0.6 is 35.6 Å². The third kappa shape index (κ3) is 3.40. The molecule has 0 bridgehead atoms. The van der Waals surface area contributed by atoms with Gasteiger partial charge < -0.3 is 10.8 Å². The molecule has 3 aromatic rings. The van der Waals surface area contributed by atoms with E-state index in [0.29, 0.717) is 21.4 Å². The molecule has 0 aliphatic rings. The Morgan fingerprint density at radius 3 is 2.29 bits per heavy atom. The van der Waals surface area contributed by atoms with Crippen LogP contribution in [0.1, 0.15) is 10.3 Å². The van der Waals surface area contributed by atoms with E-state index in [-0.39, 0.29) is 0 Å². The van der Waals surface area contributed by atoms with Crippen LogP contribution in [0.2, 0.25) is 5.02 Å². The molecule has 2 aromatic carbocycles. The molecule has 0 saturated heterocycles. The topological polar surface area (TPSA) is 76.2 Å². The zero-order valence-electron chi connectivity index (χ0n) is 12.3. The van der Waals surface area contributed by atoms with Gasteiger partial charge in [0.25, 0.3) is 0 Å². The van der Waals surface area contributed by atoms with E-state index in [1.165, 1.54) is 11.3 Å². The number of carboxylic acids is 1. The van der Waals surface area contributed by atoms with E-state index in [9.17, 15) is 9.90 Å². The standard InChI is InChI=1S/C17H13ClN2O2S2/c18-11-5-1-10(2-6-11)15-13(9-3-7-12(19)8-4-9)20-16(24-15)14(23)17(21)22/h1-8,14,23H,19H2,(H,21,22). The summed E-state index contributed by atoms with van der Waals surface area (Å²) in [5.74, 6) is -1.03. The van der Waals surface area contributed by atoms with Gasteiger partial charge >= 0.3 is 5.97 Å². The largest absolute Gasteiger partial charge is 0.480 e. The molecule has 0 amide bonds. The molecule has 122 valence electrons. The van der Waals surface area contributed by atoms with Crippen molar-refractivity contribution in [2.45, 2.75) is 5.25 Å². The van der Waals surface area contributed by atoms with Gasteiger partial charge in [0.1, 0.15) is 5.01 Å². The number of halogens is 1. The van der Waals surface area contributed by atoms with Crippen LogP contribution in [0.3, 0.4) is 0 Å². The Labute approximate surface area is 153 Å². The summed E-state index contributed by atoms with van der Waals surface area (Å²) in [5, 5.41) is 9.30. The molecule has 24 heavy (non-hydrogen) atoms. The predicted molar refractivity (Wildman–Crippen MR) is 102 cm³/mol. The van der Waals surface area contributed by atoms with Crippen molar-refractivity contribution in [1.82, 2.24) is 4.98 Å². The minimum absolute atomic E-state index is 0.433. The number of hydrogen-bond acceptors (Lipinski definition) is 5. The molecule has 3 rings (SSSR count). The molecule has 1 aromatic heterocycles. The highest BCUT2D eigenvalue weighted by molar-refractivity contribution is 7.81. The number of aromatic nitrogens is 1. The van der Waals surface area contributed by atoms with E-state index in [0.717, 1.165) is 16.0 Å². The van der Waals surface area contributed by atoms with Gasteiger partial charge in [0.2, 0.25) is 0 Å². The zero-order valence-corrected chi connectivity index (χ0v) is 14.8. The molecule has 1 unspecified atom stereocenters. The summed E-state index contributed by atoms with van der Waals surface area (Å²) >= 11 is 11.4. The van der Waals surface area contributed by atoms with Crippen molar-refractivity contribution in [3.8, 4) is 21.7 Å². The average Bonchev–Trinajstić information content (AvgIpc) is 3.00. The van der Waals surface area contributed by atoms with Crippen molar-refractivity contribution in [3.63, 3.8) is 0 Å². The highest BCUT2D eigenvalue weighted by atomic mass is 35.5. The first-order chi connectivity index (χ1) is 11.5. The van der Waals surface area contributed by atoms with Crippen LogP contribution in [-0.2, 0) is 4.79 Å². The summed E-state index contributed by atoms with van der Waals surface area (Å²) < 4.78 is 0. The molecular formula is C17H13ClN2O2S2. The van der Waals surface area contributed by atoms with E-state index < -0.39 is 11.2 Å². The van der Waals surface area contributed by atoms with Gasteiger partial charge in [-0.15, -0.1) is 11.3 Å². The molecule has 0 saturated carbocycles. The van der Waals surface area contributed by atoms with Crippen LogP contribution in [0, 0.1) is 0 Å². The molecule has 3 N–H and O–H groups in total. The van der Waals surface area contributed by atoms with Gasteiger partial charge in [0, 0.05) is 16.3 Å². The van der Waals surface area contributed by atoms with E-state index in [1.54, 1.807) is 24.3 Å². The maximum Gasteiger partial charge on any atom is 0.323 e. The van der Waals surface area contributed by atoms with Crippen LogP contribution in [-0.4, -0.2) is 16.1 Å². The molecule has 1 heterocycles. The van der Waals surface area contributed by atoms with E-state index in [1.807, 2.05) is 24.3 Å². The van der Waals surface area contributed by atoms with E-state index in [4.69, 9.17) is 17.3 Å². The molecule has 7 heteroatoms. The van der Waals surface area contributed by atoms with Crippen LogP contribution in [0.15, 0.2) is 48.5 Å². The molecule has 0 spiro atoms. The van der Waals surface area contributed by atoms with E-state index in [2.05, 4.69) is 17.6 Å². The van der Waals surface area contributed by atoms with Gasteiger partial charge in [-0.2, -0.15) is 12.6 Å². The van der Waals surface area contributed by atoms with Gasteiger partial charge in [-0.1, -0.05) is 35.9 Å². The first kappa shape index (κ1) is 16.8. The number of nitrogens with two attached hydrogens (primary N) is 1. The number of carboxylic acid groups (broad SMARTS) is 1. The third-order valence-electron chi connectivity index (χ3n) is 3.40. The fourth-order valence-electron chi connectivity index (χ4n) is 2.19. The Bertz CT molecular complexity index is 814. The van der Waals surface area contributed by atoms with Gasteiger partial charge in [-0.3, -0.25) is 4.79 Å². The van der Waals surface area contributed by atoms with Crippen LogP contribution in [0.5, 0.6) is 0 Å². The van der Waals surface area contributed by atoms with Crippen molar-refractivity contribution in [2.75, 3.05) is 5.73 Å². The van der Waals surface area contributed by atoms with E-state index >= 15 is 0 Å². The lowest BCUT2D eigenvalue weighted by Crippen LogP contribution is -2.04. The normalized spacial score (nSPS) is 12.1. The molecular weight excluding hydrogens is 364 g/mol. The molecule has 0 aliphatic heterocycles. The Balaban J connectivity index is 2.16. The zero-order chi connectivity index (χ0) is 17.3. The summed E-state index contributed by atoms with van der Waals surface area (Å²) in [6.45, 7) is 0. The molecule has 4 nitrogen and oxygen atoms in total. The van der Waals surface area contributed by atoms with Crippen molar-refractivity contribution >= 4 is 47.2 Å². The summed E-state index contributed by atoms with van der Waals surface area (Å²) in [5.41, 5.74) is 8.88. The molecule has 0 radical (unpaired) electrons. The summed E-state index contributed by atoms with van der Waals surface area (Å²) in [4.78, 5) is 16.6. The minimum Gasteiger partial charge on any atom is -0.480 e. The fourth-order valence-corrected chi connectivity index (χ4v) is 3.61. The second-order valence-corrected chi connectivity index (χ2v) is 7.08. The number of thiol groups is 1. The average molecular weight is 377 g/mol. The highest BCUT2D eigenvalue weighted by Gasteiger charge is 2.23. The molecule has 0 fully saturated rings. The highest BCUT2D eigenvalue weighted by Crippen LogP contribution is 2.40. The number of aliphatic carboxylic acids is 1. The Kier molecular flexibility index (Phi) is 4.80. The summed E-state index contributed by atoms with van der Waals surface area (Å²) in [6, 6.07) is 14.6. The Morgan fingerprint density at radius 1 is 1.12 bits per heavy atom. The number of rotatable bonds is 4. The van der Waals surface area contributed by atoms with Crippen LogP contribution in [0.25, 0.3) is 21.7 Å². The van der Waals surface area contributed by atoms with Gasteiger partial charge in [-0.05, 0) is 29.8 Å². The smallest absolute Gasteiger partial charge is 0.323 e. The van der Waals surface area contributed by atoms with Crippen molar-refractivity contribution in [1.29, 1.82) is 0 Å². The second-order valence-electron chi connectivity index (χ2n) is 5.10. The van der Waals surface area contributed by atoms with Crippen molar-refractivity contribution in [3.05, 3.63) is 58.6 Å². The summed E-state index contributed by atoms with van der Waals surface area (Å²) in [6.07, 6.45) is 0. The lowest BCUT2D eigenvalue weighted by atomic mass is 10.1. The Morgan fingerprint density at radius 2 is 1.71 bits per heavy atom. The van der Waals surface area contributed by atoms with Gasteiger partial charge in [-0.25, -0.2) is 4.98 Å². The lowest BCUT2D eigenvalue weighted by Gasteiger charge is -2.03. The lowest BCUT2D eigenvalue weighted by molar-refractivity contribution is -0.136. The maximum atomic E-state index is 11.2. The third-order valence-corrected chi connectivity index (χ3v) is 5.46. The molecule has 1 atom stereocenters. The number of hydrogen-bond donors (Lipinski definition) is 3. The van der Waals surface area contributed by atoms with Gasteiger partial charge in [0.15, 0.2) is 5.25 Å². The first-order valence-corrected chi connectivity index (χ1v) is 8.70. The number of benzene rings is 2. The summed E-state index contributed by atoms with van der Waals surface area (Å²) in [7, 11) is 0. The minimum atomic E-state index is -1.03. The predicted octanol–water partition coefficient (Wildman–Crippen LogP) is 4.77. The monoisotopic (exact) mass is 376 g/mol. The fraction of sp³-hybridized carbons (Fsp3) is 0.0588. The second kappa shape index (κ2) is 6.84. The number of nitrogens with zero attached hydrogens (tertiary/aromatic N) is 1. The maximum absolute atomic E-state index is 11.2. The number of thiazole rings is 1. The van der Waals surface area contributed by atoms with Crippen molar-refractivity contribution in [2.24, 2.45) is 0 Å². The number of anilines is 1. The number of nitrogen functional groups attached to an aromatic ring is 1. The number of carbonyl (C=O) groups is 1. The quantitative estimate of drug-likeness (QED) is 0.453. The van der Waals surface area contributed by atoms with Crippen molar-refractivity contribution < 1.29 is 9.90 Å². The molecule has 0 aliphatic carbocycles. The Hall–Kier alpha value is -2.02. The van der Waals surface area contributed by atoms with Crippen LogP contribution in [0.4, 0.5) is 5.69 Å². The van der Waals surface area contributed by atoms with Gasteiger partial charge in [0.05, 0.1) is 10.6 Å².